The van der Waals surface area contributed by atoms with Crippen molar-refractivity contribution in [3.63, 3.8) is 0 Å². The number of benzene rings is 3. The molecule has 0 spiro atoms. The van der Waals surface area contributed by atoms with Gasteiger partial charge in [-0.3, -0.25) is 9.52 Å². The standard InChI is InChI=1S/C24H23ClN2O3S/c1-16-13-17(2)23(18(3)14-16)27-31(29,30)21-11-9-20(10-12-21)26-24(28)22(25)15-19-7-5-4-6-8-19/h4-15,27H,1-3H3,(H,26,28). The molecule has 0 aliphatic heterocycles. The number of aryl methyl sites for hydroxylation is 3. The molecular weight excluding hydrogens is 432 g/mol. The third-order valence-corrected chi connectivity index (χ3v) is 6.29. The monoisotopic (exact) mass is 454 g/mol. The van der Waals surface area contributed by atoms with Crippen LogP contribution in [0, 0.1) is 20.8 Å². The fourth-order valence-corrected chi connectivity index (χ4v) is 4.58. The summed E-state index contributed by atoms with van der Waals surface area (Å²) in [7, 11) is -3.77. The van der Waals surface area contributed by atoms with Crippen molar-refractivity contribution in [1.82, 2.24) is 0 Å². The van der Waals surface area contributed by atoms with E-state index in [-0.39, 0.29) is 9.93 Å². The van der Waals surface area contributed by atoms with Crippen LogP contribution in [0.25, 0.3) is 6.08 Å². The molecule has 0 aliphatic carbocycles. The van der Waals surface area contributed by atoms with Gasteiger partial charge in [-0.05, 0) is 67.8 Å². The summed E-state index contributed by atoms with van der Waals surface area (Å²) in [6.07, 6.45) is 1.56. The van der Waals surface area contributed by atoms with Crippen molar-refractivity contribution in [2.45, 2.75) is 25.7 Å². The molecule has 5 nitrogen and oxygen atoms in total. The second kappa shape index (κ2) is 9.37. The number of carbonyl (C=O) groups is 1. The Morgan fingerprint density at radius 1 is 0.903 bits per heavy atom. The molecule has 0 bridgehead atoms. The maximum Gasteiger partial charge on any atom is 0.267 e. The minimum absolute atomic E-state index is 0.0230. The van der Waals surface area contributed by atoms with Gasteiger partial charge >= 0.3 is 0 Å². The number of halogens is 1. The number of sulfonamides is 1. The highest BCUT2D eigenvalue weighted by Gasteiger charge is 2.17. The van der Waals surface area contributed by atoms with Gasteiger partial charge in [-0.25, -0.2) is 8.42 Å². The predicted molar refractivity (Wildman–Crippen MR) is 127 cm³/mol. The first-order valence-electron chi connectivity index (χ1n) is 9.60. The predicted octanol–water partition coefficient (Wildman–Crippen LogP) is 5.63. The number of hydrogen-bond donors (Lipinski definition) is 2. The summed E-state index contributed by atoms with van der Waals surface area (Å²) in [6.45, 7) is 5.69. The van der Waals surface area contributed by atoms with E-state index in [1.807, 2.05) is 63.2 Å². The average molecular weight is 455 g/mol. The molecule has 1 amide bonds. The quantitative estimate of drug-likeness (QED) is 0.474. The van der Waals surface area contributed by atoms with Crippen molar-refractivity contribution in [2.75, 3.05) is 10.0 Å². The lowest BCUT2D eigenvalue weighted by Gasteiger charge is -2.14. The van der Waals surface area contributed by atoms with Crippen molar-refractivity contribution in [3.8, 4) is 0 Å². The Balaban J connectivity index is 1.73. The summed E-state index contributed by atoms with van der Waals surface area (Å²) in [5, 5.41) is 2.68. The molecule has 0 unspecified atom stereocenters. The smallest absolute Gasteiger partial charge is 0.267 e. The highest BCUT2D eigenvalue weighted by molar-refractivity contribution is 7.92. The highest BCUT2D eigenvalue weighted by atomic mass is 35.5. The molecule has 0 heterocycles. The number of rotatable bonds is 6. The maximum atomic E-state index is 12.8. The lowest BCUT2D eigenvalue weighted by molar-refractivity contribution is -0.112. The van der Waals surface area contributed by atoms with Gasteiger partial charge in [0.2, 0.25) is 0 Å². The normalized spacial score (nSPS) is 11.8. The zero-order valence-electron chi connectivity index (χ0n) is 17.4. The van der Waals surface area contributed by atoms with Crippen molar-refractivity contribution in [2.24, 2.45) is 0 Å². The average Bonchev–Trinajstić information content (AvgIpc) is 2.72. The van der Waals surface area contributed by atoms with Gasteiger partial charge in [0.25, 0.3) is 15.9 Å². The third kappa shape index (κ3) is 5.75. The van der Waals surface area contributed by atoms with Crippen LogP contribution in [0.3, 0.4) is 0 Å². The second-order valence-electron chi connectivity index (χ2n) is 7.26. The fraction of sp³-hybridized carbons (Fsp3) is 0.125. The Morgan fingerprint density at radius 3 is 2.06 bits per heavy atom. The van der Waals surface area contributed by atoms with E-state index >= 15 is 0 Å². The number of anilines is 2. The van der Waals surface area contributed by atoms with Gasteiger partial charge in [-0.1, -0.05) is 59.6 Å². The van der Waals surface area contributed by atoms with Gasteiger partial charge < -0.3 is 5.32 Å². The zero-order valence-corrected chi connectivity index (χ0v) is 19.0. The van der Waals surface area contributed by atoms with E-state index in [9.17, 15) is 13.2 Å². The Bertz CT molecular complexity index is 1210. The maximum absolute atomic E-state index is 12.8. The van der Waals surface area contributed by atoms with Crippen LogP contribution in [0.2, 0.25) is 0 Å². The Kier molecular flexibility index (Phi) is 6.83. The molecule has 0 fully saturated rings. The molecule has 0 saturated carbocycles. The first-order chi connectivity index (χ1) is 14.7. The summed E-state index contributed by atoms with van der Waals surface area (Å²) >= 11 is 6.09. The highest BCUT2D eigenvalue weighted by Crippen LogP contribution is 2.26. The van der Waals surface area contributed by atoms with Crippen molar-refractivity contribution < 1.29 is 13.2 Å². The van der Waals surface area contributed by atoms with Gasteiger partial charge in [0, 0.05) is 5.69 Å². The van der Waals surface area contributed by atoms with E-state index in [0.717, 1.165) is 22.3 Å². The molecule has 0 atom stereocenters. The lowest BCUT2D eigenvalue weighted by Crippen LogP contribution is -2.15. The summed E-state index contributed by atoms with van der Waals surface area (Å²) < 4.78 is 28.3. The molecule has 0 saturated heterocycles. The molecule has 2 N–H and O–H groups in total. The van der Waals surface area contributed by atoms with E-state index in [2.05, 4.69) is 10.0 Å². The molecule has 3 rings (SSSR count). The zero-order chi connectivity index (χ0) is 22.6. The fourth-order valence-electron chi connectivity index (χ4n) is 3.20. The van der Waals surface area contributed by atoms with Crippen LogP contribution in [-0.4, -0.2) is 14.3 Å². The Morgan fingerprint density at radius 2 is 1.48 bits per heavy atom. The Hall–Kier alpha value is -3.09. The van der Waals surface area contributed by atoms with Gasteiger partial charge in [-0.15, -0.1) is 0 Å². The molecule has 0 aliphatic rings. The van der Waals surface area contributed by atoms with Gasteiger partial charge in [-0.2, -0.15) is 0 Å². The van der Waals surface area contributed by atoms with Gasteiger partial charge in [0.05, 0.1) is 10.6 Å². The summed E-state index contributed by atoms with van der Waals surface area (Å²) in [4.78, 5) is 12.4. The van der Waals surface area contributed by atoms with Crippen LogP contribution in [-0.2, 0) is 14.8 Å². The van der Waals surface area contributed by atoms with E-state index in [1.165, 1.54) is 24.3 Å². The molecule has 7 heteroatoms. The number of amides is 1. The molecule has 0 aromatic heterocycles. The van der Waals surface area contributed by atoms with E-state index in [1.54, 1.807) is 6.08 Å². The molecule has 160 valence electrons. The van der Waals surface area contributed by atoms with Crippen LogP contribution in [0.4, 0.5) is 11.4 Å². The van der Waals surface area contributed by atoms with Gasteiger partial charge in [0.15, 0.2) is 0 Å². The van der Waals surface area contributed by atoms with E-state index in [4.69, 9.17) is 11.6 Å². The van der Waals surface area contributed by atoms with Crippen LogP contribution >= 0.6 is 11.6 Å². The molecule has 3 aromatic carbocycles. The Labute approximate surface area is 187 Å². The SMILES string of the molecule is Cc1cc(C)c(NS(=O)(=O)c2ccc(NC(=O)C(Cl)=Cc3ccccc3)cc2)c(C)c1. The topological polar surface area (TPSA) is 75.3 Å². The minimum Gasteiger partial charge on any atom is -0.321 e. The summed E-state index contributed by atoms with van der Waals surface area (Å²) in [6, 6.07) is 19.0. The molecule has 3 aromatic rings. The van der Waals surface area contributed by atoms with Gasteiger partial charge in [0.1, 0.15) is 5.03 Å². The van der Waals surface area contributed by atoms with Crippen LogP contribution < -0.4 is 10.0 Å². The van der Waals surface area contributed by atoms with Crippen molar-refractivity contribution in [1.29, 1.82) is 0 Å². The lowest BCUT2D eigenvalue weighted by atomic mass is 10.1. The number of nitrogens with one attached hydrogen (secondary N) is 2. The number of carbonyl (C=O) groups excluding carboxylic acids is 1. The summed E-state index contributed by atoms with van der Waals surface area (Å²) in [5.41, 5.74) is 4.58. The number of hydrogen-bond acceptors (Lipinski definition) is 3. The van der Waals surface area contributed by atoms with Crippen molar-refractivity contribution in [3.05, 3.63) is 94.0 Å². The minimum atomic E-state index is -3.77. The van der Waals surface area contributed by atoms with E-state index < -0.39 is 15.9 Å². The summed E-state index contributed by atoms with van der Waals surface area (Å²) in [5.74, 6) is -0.481. The van der Waals surface area contributed by atoms with Crippen LogP contribution in [0.15, 0.2) is 76.7 Å². The molecular formula is C24H23ClN2O3S. The molecule has 0 radical (unpaired) electrons. The second-order valence-corrected chi connectivity index (χ2v) is 9.35. The van der Waals surface area contributed by atoms with Crippen LogP contribution in [0.5, 0.6) is 0 Å². The first-order valence-corrected chi connectivity index (χ1v) is 11.5. The largest absolute Gasteiger partial charge is 0.321 e. The first kappa shape index (κ1) is 22.6. The van der Waals surface area contributed by atoms with Crippen molar-refractivity contribution >= 4 is 45.0 Å². The molecule has 31 heavy (non-hydrogen) atoms. The van der Waals surface area contributed by atoms with Crippen LogP contribution in [0.1, 0.15) is 22.3 Å². The van der Waals surface area contributed by atoms with E-state index in [0.29, 0.717) is 11.4 Å². The third-order valence-electron chi connectivity index (χ3n) is 4.65.